The van der Waals surface area contributed by atoms with Crippen molar-refractivity contribution in [3.63, 3.8) is 0 Å². The second-order valence-corrected chi connectivity index (χ2v) is 6.92. The van der Waals surface area contributed by atoms with Crippen LogP contribution in [0.3, 0.4) is 0 Å². The molecule has 0 N–H and O–H groups in total. The molecular weight excluding hydrogens is 435 g/mol. The third-order valence-corrected chi connectivity index (χ3v) is 4.57. The van der Waals surface area contributed by atoms with Gasteiger partial charge in [0.05, 0.1) is 5.69 Å². The third kappa shape index (κ3) is 5.67. The fourth-order valence-corrected chi connectivity index (χ4v) is 3.08. The van der Waals surface area contributed by atoms with Gasteiger partial charge in [0.1, 0.15) is 22.3 Å². The number of ether oxygens (including phenoxy) is 3. The second-order valence-electron chi connectivity index (χ2n) is 6.54. The zero-order valence-electron chi connectivity index (χ0n) is 16.7. The molecule has 0 aliphatic carbocycles. The number of halogens is 4. The van der Waals surface area contributed by atoms with Crippen LogP contribution in [0.15, 0.2) is 48.5 Å². The summed E-state index contributed by atoms with van der Waals surface area (Å²) in [5, 5.41) is 0.247. The molecule has 0 atom stereocenters. The number of rotatable bonds is 5. The summed E-state index contributed by atoms with van der Waals surface area (Å²) in [6.45, 7) is 4.78. The van der Waals surface area contributed by atoms with Gasteiger partial charge in [0.15, 0.2) is 5.75 Å². The molecule has 1 heterocycles. The number of carbonyl (C=O) groups is 1. The second kappa shape index (κ2) is 8.85. The summed E-state index contributed by atoms with van der Waals surface area (Å²) < 4.78 is 51.6. The molecule has 0 aliphatic rings. The summed E-state index contributed by atoms with van der Waals surface area (Å²) in [7, 11) is 0. The standard InChI is InChI=1S/C22H17ClF3NO4/c1-12-19(21(29-14(3)28)20(23)13(2)27-12)15-4-6-16(7-5-15)30-17-8-10-18(11-9-17)31-22(24,25)26/h4-11H,1-3H3. The Hall–Kier alpha value is -3.26. The lowest BCUT2D eigenvalue weighted by atomic mass is 10.0. The van der Waals surface area contributed by atoms with Crippen molar-refractivity contribution in [1.82, 2.24) is 4.98 Å². The van der Waals surface area contributed by atoms with E-state index in [1.54, 1.807) is 38.1 Å². The van der Waals surface area contributed by atoms with Crippen LogP contribution in [0.5, 0.6) is 23.0 Å². The molecule has 1 aromatic heterocycles. The van der Waals surface area contributed by atoms with Crippen LogP contribution in [0.1, 0.15) is 18.3 Å². The highest BCUT2D eigenvalue weighted by molar-refractivity contribution is 6.33. The first-order chi connectivity index (χ1) is 14.5. The lowest BCUT2D eigenvalue weighted by Gasteiger charge is -2.15. The number of carbonyl (C=O) groups excluding carboxylic acids is 1. The Kier molecular flexibility index (Phi) is 6.40. The molecule has 0 saturated heterocycles. The van der Waals surface area contributed by atoms with Crippen LogP contribution in [-0.2, 0) is 4.79 Å². The molecule has 0 bridgehead atoms. The highest BCUT2D eigenvalue weighted by atomic mass is 35.5. The van der Waals surface area contributed by atoms with Crippen molar-refractivity contribution >= 4 is 17.6 Å². The van der Waals surface area contributed by atoms with Crippen LogP contribution in [0.2, 0.25) is 5.02 Å². The molecule has 0 fully saturated rings. The fourth-order valence-electron chi connectivity index (χ4n) is 2.91. The Labute approximate surface area is 181 Å². The van der Waals surface area contributed by atoms with Crippen molar-refractivity contribution in [2.24, 2.45) is 0 Å². The first-order valence-electron chi connectivity index (χ1n) is 9.02. The lowest BCUT2D eigenvalue weighted by molar-refractivity contribution is -0.274. The number of aromatic nitrogens is 1. The summed E-state index contributed by atoms with van der Waals surface area (Å²) in [5.41, 5.74) is 2.44. The Morgan fingerprint density at radius 1 is 0.903 bits per heavy atom. The van der Waals surface area contributed by atoms with Crippen LogP contribution in [0.25, 0.3) is 11.1 Å². The summed E-state index contributed by atoms with van der Waals surface area (Å²) in [6, 6.07) is 11.8. The molecule has 0 aliphatic heterocycles. The fraction of sp³-hybridized carbons (Fsp3) is 0.182. The van der Waals surface area contributed by atoms with E-state index in [0.29, 0.717) is 34.0 Å². The van der Waals surface area contributed by atoms with Crippen LogP contribution < -0.4 is 14.2 Å². The first kappa shape index (κ1) is 22.4. The minimum atomic E-state index is -4.75. The maximum Gasteiger partial charge on any atom is 0.573 e. The molecule has 2 aromatic carbocycles. The minimum absolute atomic E-state index is 0.230. The number of pyridine rings is 1. The highest BCUT2D eigenvalue weighted by Gasteiger charge is 2.31. The number of benzene rings is 2. The topological polar surface area (TPSA) is 57.7 Å². The van der Waals surface area contributed by atoms with E-state index in [1.165, 1.54) is 19.1 Å². The Morgan fingerprint density at radius 3 is 1.94 bits per heavy atom. The van der Waals surface area contributed by atoms with Gasteiger partial charge in [-0.05, 0) is 55.8 Å². The van der Waals surface area contributed by atoms with Crippen molar-refractivity contribution in [3.8, 4) is 34.1 Å². The van der Waals surface area contributed by atoms with Gasteiger partial charge >= 0.3 is 12.3 Å². The summed E-state index contributed by atoms with van der Waals surface area (Å²) in [6.07, 6.45) is -4.75. The van der Waals surface area contributed by atoms with Crippen molar-refractivity contribution in [3.05, 3.63) is 64.9 Å². The van der Waals surface area contributed by atoms with E-state index in [0.717, 1.165) is 12.1 Å². The number of hydrogen-bond acceptors (Lipinski definition) is 5. The molecule has 0 unspecified atom stereocenters. The van der Waals surface area contributed by atoms with E-state index in [2.05, 4.69) is 9.72 Å². The van der Waals surface area contributed by atoms with E-state index < -0.39 is 12.3 Å². The van der Waals surface area contributed by atoms with Gasteiger partial charge in [-0.25, -0.2) is 0 Å². The highest BCUT2D eigenvalue weighted by Crippen LogP contribution is 2.40. The van der Waals surface area contributed by atoms with Gasteiger partial charge in [-0.2, -0.15) is 0 Å². The molecule has 3 aromatic rings. The average molecular weight is 452 g/mol. The van der Waals surface area contributed by atoms with Gasteiger partial charge in [0.25, 0.3) is 0 Å². The van der Waals surface area contributed by atoms with E-state index in [1.807, 2.05) is 0 Å². The largest absolute Gasteiger partial charge is 0.573 e. The van der Waals surface area contributed by atoms with E-state index in [-0.39, 0.29) is 16.5 Å². The average Bonchev–Trinajstić information content (AvgIpc) is 2.67. The smallest absolute Gasteiger partial charge is 0.457 e. The molecular formula is C22H17ClF3NO4. The van der Waals surface area contributed by atoms with Crippen LogP contribution in [0.4, 0.5) is 13.2 Å². The number of alkyl halides is 3. The van der Waals surface area contributed by atoms with Crippen LogP contribution in [-0.4, -0.2) is 17.3 Å². The van der Waals surface area contributed by atoms with Crippen molar-refractivity contribution in [2.75, 3.05) is 0 Å². The molecule has 5 nitrogen and oxygen atoms in total. The summed E-state index contributed by atoms with van der Waals surface area (Å²) >= 11 is 6.31. The van der Waals surface area contributed by atoms with E-state index >= 15 is 0 Å². The molecule has 162 valence electrons. The lowest BCUT2D eigenvalue weighted by Crippen LogP contribution is -2.16. The van der Waals surface area contributed by atoms with Crippen molar-refractivity contribution < 1.29 is 32.2 Å². The maximum atomic E-state index is 12.2. The zero-order valence-corrected chi connectivity index (χ0v) is 17.5. The number of hydrogen-bond donors (Lipinski definition) is 0. The Morgan fingerprint density at radius 2 is 1.42 bits per heavy atom. The molecule has 31 heavy (non-hydrogen) atoms. The van der Waals surface area contributed by atoms with Gasteiger partial charge in [0, 0.05) is 18.2 Å². The number of nitrogens with zero attached hydrogens (tertiary/aromatic N) is 1. The molecule has 0 spiro atoms. The van der Waals surface area contributed by atoms with Crippen LogP contribution in [0, 0.1) is 13.8 Å². The van der Waals surface area contributed by atoms with Gasteiger partial charge in [0.2, 0.25) is 0 Å². The Bertz CT molecular complexity index is 1100. The molecule has 0 amide bonds. The van der Waals surface area contributed by atoms with E-state index in [4.69, 9.17) is 21.1 Å². The van der Waals surface area contributed by atoms with Gasteiger partial charge < -0.3 is 14.2 Å². The monoisotopic (exact) mass is 451 g/mol. The predicted octanol–water partition coefficient (Wildman–Crippen LogP) is 6.64. The minimum Gasteiger partial charge on any atom is -0.457 e. The molecule has 9 heteroatoms. The number of esters is 1. The zero-order chi connectivity index (χ0) is 22.8. The van der Waals surface area contributed by atoms with Crippen LogP contribution >= 0.6 is 11.6 Å². The maximum absolute atomic E-state index is 12.2. The summed E-state index contributed by atoms with van der Waals surface area (Å²) in [4.78, 5) is 15.9. The molecule has 0 radical (unpaired) electrons. The van der Waals surface area contributed by atoms with Crippen molar-refractivity contribution in [2.45, 2.75) is 27.1 Å². The predicted molar refractivity (Wildman–Crippen MR) is 109 cm³/mol. The summed E-state index contributed by atoms with van der Waals surface area (Å²) in [5.74, 6) is 0.164. The quantitative estimate of drug-likeness (QED) is 0.407. The van der Waals surface area contributed by atoms with Gasteiger partial charge in [-0.3, -0.25) is 9.78 Å². The van der Waals surface area contributed by atoms with Crippen molar-refractivity contribution in [1.29, 1.82) is 0 Å². The Balaban J connectivity index is 1.84. The third-order valence-electron chi connectivity index (χ3n) is 4.12. The number of aryl methyl sites for hydroxylation is 2. The van der Waals surface area contributed by atoms with E-state index in [9.17, 15) is 18.0 Å². The van der Waals surface area contributed by atoms with Gasteiger partial charge in [-0.15, -0.1) is 13.2 Å². The SMILES string of the molecule is CC(=O)Oc1c(Cl)c(C)nc(C)c1-c1ccc(Oc2ccc(OC(F)(F)F)cc2)cc1. The molecule has 0 saturated carbocycles. The normalized spacial score (nSPS) is 11.2. The molecule has 3 rings (SSSR count). The first-order valence-corrected chi connectivity index (χ1v) is 9.40. The van der Waals surface area contributed by atoms with Gasteiger partial charge in [-0.1, -0.05) is 23.7 Å².